The maximum atomic E-state index is 14.1. The van der Waals surface area contributed by atoms with E-state index in [1.807, 2.05) is 23.8 Å². The molecule has 5 nitrogen and oxygen atoms in total. The Bertz CT molecular complexity index is 933. The third kappa shape index (κ3) is 3.98. The summed E-state index contributed by atoms with van der Waals surface area (Å²) in [4.78, 5) is 23.1. The molecular formula is C21H22ClFN4OS. The van der Waals surface area contributed by atoms with Crippen molar-refractivity contribution in [1.29, 1.82) is 0 Å². The number of hydrogen-bond acceptors (Lipinski definition) is 5. The van der Waals surface area contributed by atoms with Gasteiger partial charge in [-0.1, -0.05) is 29.8 Å². The second kappa shape index (κ2) is 8.32. The van der Waals surface area contributed by atoms with Crippen LogP contribution >= 0.6 is 23.4 Å². The maximum absolute atomic E-state index is 14.1. The van der Waals surface area contributed by atoms with Crippen molar-refractivity contribution >= 4 is 35.1 Å². The Balaban J connectivity index is 1.55. The fraction of sp³-hybridized carbons (Fsp3) is 0.381. The van der Waals surface area contributed by atoms with Crippen LogP contribution in [0.25, 0.3) is 0 Å². The van der Waals surface area contributed by atoms with Gasteiger partial charge in [-0.05, 0) is 48.0 Å². The van der Waals surface area contributed by atoms with Gasteiger partial charge in [0.15, 0.2) is 0 Å². The monoisotopic (exact) mass is 432 g/mol. The molecule has 0 bridgehead atoms. The molecule has 8 heteroatoms. The number of anilines is 1. The van der Waals surface area contributed by atoms with Crippen LogP contribution in [0, 0.1) is 11.2 Å². The van der Waals surface area contributed by atoms with Crippen molar-refractivity contribution in [3.8, 4) is 0 Å². The lowest BCUT2D eigenvalue weighted by molar-refractivity contribution is 0.0952. The molecule has 2 heterocycles. The molecule has 1 aromatic carbocycles. The van der Waals surface area contributed by atoms with Gasteiger partial charge in [0.1, 0.15) is 17.3 Å². The number of carbonyl (C=O) groups is 1. The number of nitrogens with one attached hydrogen (secondary N) is 1. The quantitative estimate of drug-likeness (QED) is 0.722. The Morgan fingerprint density at radius 2 is 2.21 bits per heavy atom. The molecule has 1 atom stereocenters. The van der Waals surface area contributed by atoms with Gasteiger partial charge in [-0.2, -0.15) is 0 Å². The van der Waals surface area contributed by atoms with Gasteiger partial charge >= 0.3 is 0 Å². The Labute approximate surface area is 178 Å². The Morgan fingerprint density at radius 3 is 2.90 bits per heavy atom. The molecule has 1 spiro atoms. The van der Waals surface area contributed by atoms with Crippen molar-refractivity contribution in [1.82, 2.24) is 15.3 Å². The van der Waals surface area contributed by atoms with E-state index in [0.29, 0.717) is 12.4 Å². The highest BCUT2D eigenvalue weighted by Crippen LogP contribution is 2.64. The van der Waals surface area contributed by atoms with Crippen LogP contribution in [0.5, 0.6) is 0 Å². The fourth-order valence-corrected chi connectivity index (χ4v) is 4.59. The van der Waals surface area contributed by atoms with Crippen LogP contribution in [0.2, 0.25) is 5.02 Å². The van der Waals surface area contributed by atoms with Gasteiger partial charge in [-0.3, -0.25) is 4.79 Å². The first-order valence-electron chi connectivity index (χ1n) is 9.54. The van der Waals surface area contributed by atoms with Crippen molar-refractivity contribution in [3.63, 3.8) is 0 Å². The number of benzene rings is 1. The average molecular weight is 433 g/mol. The first-order chi connectivity index (χ1) is 14.1. The molecule has 1 aliphatic heterocycles. The lowest BCUT2D eigenvalue weighted by Gasteiger charge is -2.30. The van der Waals surface area contributed by atoms with Crippen molar-refractivity contribution in [2.45, 2.75) is 25.3 Å². The standard InChI is InChI=1S/C21H22ClFN4OS/c1-29-11-3-9-24-20(28)16-12-26-17(13-25-16)27-10-8-21(6-7-21)19(27)14-4-2-5-15(23)18(14)22/h2-5,11-13,19H,6-10H2,1H3,(H,24,28)/b11-3+. The zero-order valence-electron chi connectivity index (χ0n) is 16.1. The Hall–Kier alpha value is -2.12. The number of carbonyl (C=O) groups excluding carboxylic acids is 1. The molecule has 4 rings (SSSR count). The highest BCUT2D eigenvalue weighted by Gasteiger charge is 2.56. The van der Waals surface area contributed by atoms with Gasteiger partial charge in [-0.25, -0.2) is 14.4 Å². The third-order valence-corrected chi connectivity index (χ3v) is 6.55. The molecule has 0 radical (unpaired) electrons. The van der Waals surface area contributed by atoms with Crippen LogP contribution in [0.15, 0.2) is 42.1 Å². The molecule has 1 unspecified atom stereocenters. The van der Waals surface area contributed by atoms with Crippen LogP contribution in [-0.2, 0) is 0 Å². The lowest BCUT2D eigenvalue weighted by Crippen LogP contribution is -2.28. The number of amides is 1. The van der Waals surface area contributed by atoms with Crippen LogP contribution in [-0.4, -0.2) is 35.2 Å². The molecule has 1 saturated heterocycles. The van der Waals surface area contributed by atoms with Gasteiger partial charge in [-0.15, -0.1) is 11.8 Å². The van der Waals surface area contributed by atoms with E-state index in [1.54, 1.807) is 24.0 Å². The minimum atomic E-state index is -0.402. The molecule has 1 N–H and O–H groups in total. The Kier molecular flexibility index (Phi) is 5.79. The minimum absolute atomic E-state index is 0.0312. The van der Waals surface area contributed by atoms with Crippen LogP contribution in [0.3, 0.4) is 0 Å². The van der Waals surface area contributed by atoms with E-state index in [0.717, 1.165) is 31.4 Å². The van der Waals surface area contributed by atoms with E-state index < -0.39 is 5.82 Å². The number of nitrogens with zero attached hydrogens (tertiary/aromatic N) is 3. The number of halogens is 2. The van der Waals surface area contributed by atoms with Crippen molar-refractivity contribution in [2.24, 2.45) is 5.41 Å². The van der Waals surface area contributed by atoms with E-state index in [4.69, 9.17) is 11.6 Å². The summed E-state index contributed by atoms with van der Waals surface area (Å²) in [5.41, 5.74) is 1.19. The lowest BCUT2D eigenvalue weighted by atomic mass is 9.90. The number of rotatable bonds is 6. The number of aromatic nitrogens is 2. The highest BCUT2D eigenvalue weighted by atomic mass is 35.5. The topological polar surface area (TPSA) is 58.1 Å². The summed E-state index contributed by atoms with van der Waals surface area (Å²) in [6.07, 6.45) is 10.1. The summed E-state index contributed by atoms with van der Waals surface area (Å²) >= 11 is 7.89. The zero-order chi connectivity index (χ0) is 20.4. The maximum Gasteiger partial charge on any atom is 0.271 e. The summed E-state index contributed by atoms with van der Waals surface area (Å²) in [5, 5.41) is 4.87. The number of hydrogen-bond donors (Lipinski definition) is 1. The van der Waals surface area contributed by atoms with Gasteiger partial charge in [0.25, 0.3) is 5.91 Å². The summed E-state index contributed by atoms with van der Waals surface area (Å²) < 4.78 is 14.1. The first-order valence-corrected chi connectivity index (χ1v) is 11.2. The van der Waals surface area contributed by atoms with Crippen molar-refractivity contribution in [2.75, 3.05) is 24.2 Å². The van der Waals surface area contributed by atoms with Crippen LogP contribution in [0.1, 0.15) is 41.4 Å². The molecule has 2 aromatic rings. The van der Waals surface area contributed by atoms with E-state index >= 15 is 0 Å². The van der Waals surface area contributed by atoms with E-state index in [1.165, 1.54) is 12.3 Å². The molecule has 152 valence electrons. The summed E-state index contributed by atoms with van der Waals surface area (Å²) in [6.45, 7) is 1.25. The second-order valence-electron chi connectivity index (χ2n) is 7.43. The van der Waals surface area contributed by atoms with E-state index in [9.17, 15) is 9.18 Å². The largest absolute Gasteiger partial charge is 0.348 e. The molecule has 1 aliphatic carbocycles. The SMILES string of the molecule is CS/C=C/CNC(=O)c1cnc(N2CCC3(CC3)C2c2cccc(F)c2Cl)cn1. The molecule has 2 fully saturated rings. The van der Waals surface area contributed by atoms with Gasteiger partial charge in [0.05, 0.1) is 23.5 Å². The predicted octanol–water partition coefficient (Wildman–Crippen LogP) is 4.61. The summed E-state index contributed by atoms with van der Waals surface area (Å²) in [7, 11) is 0. The van der Waals surface area contributed by atoms with E-state index in [-0.39, 0.29) is 28.1 Å². The average Bonchev–Trinajstić information content (AvgIpc) is 3.41. The van der Waals surface area contributed by atoms with Gasteiger partial charge in [0, 0.05) is 13.1 Å². The van der Waals surface area contributed by atoms with Gasteiger partial charge < -0.3 is 10.2 Å². The van der Waals surface area contributed by atoms with Gasteiger partial charge in [0.2, 0.25) is 0 Å². The smallest absolute Gasteiger partial charge is 0.271 e. The molecule has 1 amide bonds. The normalized spacial score (nSPS) is 19.8. The Morgan fingerprint density at radius 1 is 1.38 bits per heavy atom. The van der Waals surface area contributed by atoms with Crippen molar-refractivity contribution in [3.05, 3.63) is 64.2 Å². The summed E-state index contributed by atoms with van der Waals surface area (Å²) in [5.74, 6) is 0.0120. The first kappa shape index (κ1) is 20.2. The highest BCUT2D eigenvalue weighted by molar-refractivity contribution is 8.01. The third-order valence-electron chi connectivity index (χ3n) is 5.69. The van der Waals surface area contributed by atoms with Crippen molar-refractivity contribution < 1.29 is 9.18 Å². The minimum Gasteiger partial charge on any atom is -0.348 e. The van der Waals surface area contributed by atoms with Crippen LogP contribution in [0.4, 0.5) is 10.2 Å². The molecule has 29 heavy (non-hydrogen) atoms. The van der Waals surface area contributed by atoms with E-state index in [2.05, 4.69) is 20.2 Å². The molecule has 1 saturated carbocycles. The summed E-state index contributed by atoms with van der Waals surface area (Å²) in [6, 6.07) is 4.95. The van der Waals surface area contributed by atoms with Crippen LogP contribution < -0.4 is 10.2 Å². The number of thioether (sulfide) groups is 1. The predicted molar refractivity (Wildman–Crippen MR) is 115 cm³/mol. The zero-order valence-corrected chi connectivity index (χ0v) is 17.6. The molecular weight excluding hydrogens is 411 g/mol. The molecule has 2 aliphatic rings. The second-order valence-corrected chi connectivity index (χ2v) is 8.55. The fourth-order valence-electron chi connectivity index (χ4n) is 4.07. The molecule has 1 aromatic heterocycles.